The van der Waals surface area contributed by atoms with Gasteiger partial charge in [0, 0.05) is 37.3 Å². The molecule has 1 aromatic rings. The first-order valence-electron chi connectivity index (χ1n) is 8.17. The second kappa shape index (κ2) is 9.50. The summed E-state index contributed by atoms with van der Waals surface area (Å²) in [5.41, 5.74) is 3.30. The van der Waals surface area contributed by atoms with Crippen LogP contribution in [0.25, 0.3) is 12.2 Å². The van der Waals surface area contributed by atoms with Crippen molar-refractivity contribution < 1.29 is 16.8 Å². The molecule has 0 aromatic heterocycles. The van der Waals surface area contributed by atoms with Crippen molar-refractivity contribution in [3.05, 3.63) is 46.5 Å². The van der Waals surface area contributed by atoms with Gasteiger partial charge < -0.3 is 0 Å². The van der Waals surface area contributed by atoms with E-state index in [9.17, 15) is 16.8 Å². The number of hydrogen-bond acceptors (Lipinski definition) is 4. The van der Waals surface area contributed by atoms with Crippen LogP contribution in [0.5, 0.6) is 0 Å². The molecule has 0 aliphatic heterocycles. The third-order valence-electron chi connectivity index (χ3n) is 3.52. The fraction of sp³-hybridized carbons (Fsp3) is 0.300. The monoisotopic (exact) mass is 420 g/mol. The van der Waals surface area contributed by atoms with Crippen LogP contribution in [0, 0.1) is 23.9 Å². The minimum Gasteiger partial charge on any atom is -0.232 e. The quantitative estimate of drug-likeness (QED) is 0.553. The molecule has 0 amide bonds. The number of rotatable bonds is 4. The molecule has 6 nitrogen and oxygen atoms in total. The Morgan fingerprint density at radius 2 is 1.04 bits per heavy atom. The van der Waals surface area contributed by atoms with Crippen LogP contribution >= 0.6 is 0 Å². The van der Waals surface area contributed by atoms with Crippen molar-refractivity contribution in [1.29, 1.82) is 0 Å². The molecule has 0 unspecified atom stereocenters. The Bertz CT molecular complexity index is 1020. The fourth-order valence-corrected chi connectivity index (χ4v) is 2.18. The minimum absolute atomic E-state index is 0.727. The molecule has 150 valence electrons. The van der Waals surface area contributed by atoms with E-state index < -0.39 is 20.0 Å². The molecule has 1 aromatic carbocycles. The third kappa shape index (κ3) is 8.34. The lowest BCUT2D eigenvalue weighted by molar-refractivity contribution is 0.552. The van der Waals surface area contributed by atoms with Crippen molar-refractivity contribution in [1.82, 2.24) is 8.61 Å². The molecule has 0 atom stereocenters. The lowest BCUT2D eigenvalue weighted by Crippen LogP contribution is -2.19. The van der Waals surface area contributed by atoms with Gasteiger partial charge in [-0.3, -0.25) is 0 Å². The average molecular weight is 421 g/mol. The van der Waals surface area contributed by atoms with E-state index in [0.29, 0.717) is 0 Å². The van der Waals surface area contributed by atoms with Gasteiger partial charge in [0.2, 0.25) is 20.0 Å². The summed E-state index contributed by atoms with van der Waals surface area (Å²) in [6.45, 7) is 3.60. The van der Waals surface area contributed by atoms with Crippen LogP contribution in [0.15, 0.2) is 35.4 Å². The van der Waals surface area contributed by atoms with Crippen LogP contribution < -0.4 is 0 Å². The van der Waals surface area contributed by atoms with Crippen molar-refractivity contribution in [2.45, 2.75) is 13.8 Å². The smallest absolute Gasteiger partial charge is 0.232 e. The predicted octanol–water partition coefficient (Wildman–Crippen LogP) is 2.20. The summed E-state index contributed by atoms with van der Waals surface area (Å²) in [5, 5.41) is 0. The molecule has 0 fully saturated rings. The van der Waals surface area contributed by atoms with Crippen LogP contribution in [-0.2, 0) is 20.0 Å². The highest BCUT2D eigenvalue weighted by molar-refractivity contribution is 7.88. The molecule has 0 heterocycles. The standard InChI is InChI=1S/C20H24N2O4S2/c1-17(11-13-21(3)27(5,23)24)15-19-7-9-20(10-8-19)16-18(2)12-14-22(4)28(6,25)26/h7-10,15-16H,1-6H3/b17-15+,18-16+. The molecule has 0 N–H and O–H groups in total. The Hall–Kier alpha value is -2.68. The summed E-state index contributed by atoms with van der Waals surface area (Å²) < 4.78 is 47.2. The first-order chi connectivity index (χ1) is 12.8. The lowest BCUT2D eigenvalue weighted by atomic mass is 10.1. The predicted molar refractivity (Wildman–Crippen MR) is 115 cm³/mol. The van der Waals surface area contributed by atoms with Crippen LogP contribution in [0.3, 0.4) is 0 Å². The van der Waals surface area contributed by atoms with Crippen molar-refractivity contribution in [2.24, 2.45) is 0 Å². The van der Waals surface area contributed by atoms with Gasteiger partial charge in [-0.2, -0.15) is 0 Å². The van der Waals surface area contributed by atoms with Gasteiger partial charge in [0.25, 0.3) is 0 Å². The summed E-state index contributed by atoms with van der Waals surface area (Å²) in [6.07, 6.45) is 5.89. The molecule has 0 bridgehead atoms. The summed E-state index contributed by atoms with van der Waals surface area (Å²) in [7, 11) is -3.86. The number of benzene rings is 1. The summed E-state index contributed by atoms with van der Waals surface area (Å²) >= 11 is 0. The van der Waals surface area contributed by atoms with Crippen LogP contribution in [0.2, 0.25) is 0 Å². The molecule has 0 radical (unpaired) electrons. The van der Waals surface area contributed by atoms with Gasteiger partial charge in [0.05, 0.1) is 12.5 Å². The first kappa shape index (κ1) is 23.4. The summed E-state index contributed by atoms with van der Waals surface area (Å²) in [6, 6.07) is 12.8. The molecular weight excluding hydrogens is 396 g/mol. The van der Waals surface area contributed by atoms with Gasteiger partial charge >= 0.3 is 0 Å². The largest absolute Gasteiger partial charge is 0.238 e. The zero-order chi connectivity index (χ0) is 21.5. The van der Waals surface area contributed by atoms with Gasteiger partial charge in [-0.05, 0) is 49.0 Å². The highest BCUT2D eigenvalue weighted by Crippen LogP contribution is 2.11. The maximum absolute atomic E-state index is 11.3. The maximum Gasteiger partial charge on any atom is 0.238 e. The van der Waals surface area contributed by atoms with E-state index in [2.05, 4.69) is 23.9 Å². The highest BCUT2D eigenvalue weighted by Gasteiger charge is 2.05. The second-order valence-corrected chi connectivity index (χ2v) is 10.3. The number of nitrogens with zero attached hydrogens (tertiary/aromatic N) is 2. The average Bonchev–Trinajstić information content (AvgIpc) is 2.57. The molecule has 28 heavy (non-hydrogen) atoms. The second-order valence-electron chi connectivity index (χ2n) is 6.26. The SMILES string of the molecule is C/C(C#CN(C)S(C)(=O)=O)=C\c1ccc(/C=C(\C)C#CN(C)S(C)(=O)=O)cc1. The van der Waals surface area contributed by atoms with Gasteiger partial charge in [0.15, 0.2) is 0 Å². The molecule has 1 rings (SSSR count). The van der Waals surface area contributed by atoms with E-state index in [0.717, 1.165) is 43.4 Å². The molecular formula is C20H24N2O4S2. The Labute approximate surface area is 168 Å². The number of hydrogen-bond donors (Lipinski definition) is 0. The fourth-order valence-electron chi connectivity index (χ4n) is 1.76. The van der Waals surface area contributed by atoms with Crippen LogP contribution in [0.4, 0.5) is 0 Å². The topological polar surface area (TPSA) is 74.8 Å². The van der Waals surface area contributed by atoms with E-state index in [4.69, 9.17) is 0 Å². The van der Waals surface area contributed by atoms with Crippen molar-refractivity contribution in [3.63, 3.8) is 0 Å². The van der Waals surface area contributed by atoms with Crippen molar-refractivity contribution in [3.8, 4) is 23.9 Å². The van der Waals surface area contributed by atoms with E-state index in [1.165, 1.54) is 14.1 Å². The first-order valence-corrected chi connectivity index (χ1v) is 11.9. The minimum atomic E-state index is -3.33. The zero-order valence-corrected chi connectivity index (χ0v) is 18.4. The van der Waals surface area contributed by atoms with Gasteiger partial charge in [-0.25, -0.2) is 25.4 Å². The van der Waals surface area contributed by atoms with Crippen LogP contribution in [-0.4, -0.2) is 52.1 Å². The van der Waals surface area contributed by atoms with Crippen LogP contribution in [0.1, 0.15) is 25.0 Å². The van der Waals surface area contributed by atoms with E-state index >= 15 is 0 Å². The normalized spacial score (nSPS) is 12.4. The number of allylic oxidation sites excluding steroid dienone is 2. The zero-order valence-electron chi connectivity index (χ0n) is 16.8. The van der Waals surface area contributed by atoms with E-state index in [1.54, 1.807) is 13.8 Å². The summed E-state index contributed by atoms with van der Waals surface area (Å²) in [4.78, 5) is 0. The Morgan fingerprint density at radius 1 is 0.750 bits per heavy atom. The third-order valence-corrected chi connectivity index (χ3v) is 5.69. The highest BCUT2D eigenvalue weighted by atomic mass is 32.2. The Kier molecular flexibility index (Phi) is 7.92. The van der Waals surface area contributed by atoms with Crippen molar-refractivity contribution in [2.75, 3.05) is 26.6 Å². The molecule has 0 saturated carbocycles. The molecule has 8 heteroatoms. The Morgan fingerprint density at radius 3 is 1.29 bits per heavy atom. The summed E-state index contributed by atoms with van der Waals surface area (Å²) in [5.74, 6) is 5.60. The molecule has 0 spiro atoms. The van der Waals surface area contributed by atoms with Gasteiger partial charge in [-0.1, -0.05) is 24.3 Å². The van der Waals surface area contributed by atoms with Gasteiger partial charge in [0.1, 0.15) is 0 Å². The maximum atomic E-state index is 11.3. The number of sulfonamides is 2. The lowest BCUT2D eigenvalue weighted by Gasteiger charge is -2.06. The molecule has 0 saturated heterocycles. The molecule has 0 aliphatic rings. The molecule has 0 aliphatic carbocycles. The van der Waals surface area contributed by atoms with E-state index in [-0.39, 0.29) is 0 Å². The van der Waals surface area contributed by atoms with Gasteiger partial charge in [-0.15, -0.1) is 0 Å². The van der Waals surface area contributed by atoms with Crippen molar-refractivity contribution >= 4 is 32.2 Å². The Balaban J connectivity index is 2.92. The van der Waals surface area contributed by atoms with E-state index in [1.807, 2.05) is 36.4 Å².